The van der Waals surface area contributed by atoms with E-state index in [4.69, 9.17) is 18.9 Å². The van der Waals surface area contributed by atoms with Crippen LogP contribution < -0.4 is 5.32 Å². The minimum atomic E-state index is -1.16. The minimum absolute atomic E-state index is 0.0482. The van der Waals surface area contributed by atoms with E-state index in [1.165, 1.54) is 28.9 Å². The Kier molecular flexibility index (Phi) is 15.1. The number of hydrogen-bond donors (Lipinski definition) is 1. The number of carbonyl (C=O) groups excluding carboxylic acids is 6. The largest absolute Gasteiger partial charge is 0.465 e. The van der Waals surface area contributed by atoms with Crippen molar-refractivity contribution in [2.75, 3.05) is 13.2 Å². The van der Waals surface area contributed by atoms with Crippen LogP contribution in [0.2, 0.25) is 0 Å². The van der Waals surface area contributed by atoms with Crippen molar-refractivity contribution in [1.29, 1.82) is 0 Å². The molecule has 1 aliphatic heterocycles. The molecule has 0 saturated heterocycles. The van der Waals surface area contributed by atoms with Crippen molar-refractivity contribution in [1.82, 2.24) is 24.9 Å². The molecule has 1 atom stereocenters. The molecule has 1 aromatic heterocycles. The third-order valence-corrected chi connectivity index (χ3v) is 8.85. The molecule has 59 heavy (non-hydrogen) atoms. The van der Waals surface area contributed by atoms with E-state index < -0.39 is 58.8 Å². The van der Waals surface area contributed by atoms with Crippen molar-refractivity contribution in [2.45, 2.75) is 118 Å². The van der Waals surface area contributed by atoms with Gasteiger partial charge >= 0.3 is 24.2 Å². The maximum Gasteiger partial charge on any atom is 0.436 e. The van der Waals surface area contributed by atoms with Gasteiger partial charge in [-0.3, -0.25) is 19.1 Å². The molecule has 0 radical (unpaired) electrons. The lowest BCUT2D eigenvalue weighted by Gasteiger charge is -2.30. The van der Waals surface area contributed by atoms with E-state index in [1.807, 2.05) is 24.3 Å². The summed E-state index contributed by atoms with van der Waals surface area (Å²) in [6, 6.07) is 12.3. The maximum atomic E-state index is 14.2. The predicted octanol–water partition coefficient (Wildman–Crippen LogP) is 6.83. The van der Waals surface area contributed by atoms with Gasteiger partial charge in [0.05, 0.1) is 12.3 Å². The van der Waals surface area contributed by atoms with Crippen molar-refractivity contribution in [2.24, 2.45) is 4.99 Å². The number of imide groups is 1. The second kappa shape index (κ2) is 19.2. The highest BCUT2D eigenvalue weighted by Crippen LogP contribution is 2.22. The fourth-order valence-corrected chi connectivity index (χ4v) is 6.10. The van der Waals surface area contributed by atoms with E-state index in [0.29, 0.717) is 17.9 Å². The Balaban J connectivity index is 1.66. The molecule has 0 saturated carbocycles. The third-order valence-electron chi connectivity index (χ3n) is 8.13. The SMILES string of the molecule is CCOC(=O)Cn1cc2c(n1)CCN(C(=O)[C@H](Cc1ccc(I)cc1)NC(=O)c1ccc(C(=NC(=O)OC(C)(C)C)N(C(=O)OC(C)(C)C)C(=O)OC(C)(C)C)cc1)C2. The van der Waals surface area contributed by atoms with Crippen LogP contribution in [0.15, 0.2) is 59.7 Å². The fourth-order valence-electron chi connectivity index (χ4n) is 5.75. The molecule has 5 amide bonds. The zero-order chi connectivity index (χ0) is 43.9. The zero-order valence-electron chi connectivity index (χ0n) is 35.2. The number of benzene rings is 2. The lowest BCUT2D eigenvalue weighted by atomic mass is 10.0. The molecule has 0 bridgehead atoms. The Hall–Kier alpha value is -5.33. The molecule has 0 aliphatic carbocycles. The van der Waals surface area contributed by atoms with Crippen LogP contribution in [0.5, 0.6) is 0 Å². The van der Waals surface area contributed by atoms with E-state index in [-0.39, 0.29) is 43.2 Å². The molecule has 17 heteroatoms. The van der Waals surface area contributed by atoms with E-state index in [2.05, 4.69) is 38.0 Å². The number of carbonyl (C=O) groups is 6. The van der Waals surface area contributed by atoms with Gasteiger partial charge in [0.1, 0.15) is 29.4 Å². The summed E-state index contributed by atoms with van der Waals surface area (Å²) in [5, 5.41) is 7.41. The van der Waals surface area contributed by atoms with E-state index in [0.717, 1.165) is 20.4 Å². The van der Waals surface area contributed by atoms with E-state index in [9.17, 15) is 28.8 Å². The maximum absolute atomic E-state index is 14.2. The van der Waals surface area contributed by atoms with Crippen LogP contribution in [0.25, 0.3) is 0 Å². The summed E-state index contributed by atoms with van der Waals surface area (Å²) in [5.41, 5.74) is -0.466. The van der Waals surface area contributed by atoms with Crippen molar-refractivity contribution in [3.63, 3.8) is 0 Å². The van der Waals surface area contributed by atoms with Gasteiger partial charge in [-0.15, -0.1) is 0 Å². The first-order valence-electron chi connectivity index (χ1n) is 19.1. The van der Waals surface area contributed by atoms with Gasteiger partial charge < -0.3 is 29.2 Å². The average Bonchev–Trinajstić information content (AvgIpc) is 3.51. The van der Waals surface area contributed by atoms with Gasteiger partial charge in [-0.05, 0) is 122 Å². The molecular weight excluding hydrogens is 875 g/mol. The van der Waals surface area contributed by atoms with Gasteiger partial charge in [0, 0.05) is 52.4 Å². The monoisotopic (exact) mass is 928 g/mol. The summed E-state index contributed by atoms with van der Waals surface area (Å²) in [4.78, 5) is 86.7. The highest BCUT2D eigenvalue weighted by molar-refractivity contribution is 14.1. The Labute approximate surface area is 358 Å². The van der Waals surface area contributed by atoms with Crippen LogP contribution in [0, 0.1) is 3.57 Å². The number of rotatable bonds is 9. The zero-order valence-corrected chi connectivity index (χ0v) is 37.4. The van der Waals surface area contributed by atoms with Crippen LogP contribution in [0.4, 0.5) is 14.4 Å². The van der Waals surface area contributed by atoms with Crippen molar-refractivity contribution in [3.05, 3.63) is 86.2 Å². The van der Waals surface area contributed by atoms with Gasteiger partial charge in [0.15, 0.2) is 5.84 Å². The summed E-state index contributed by atoms with van der Waals surface area (Å²) in [6.45, 7) is 17.1. The smallest absolute Gasteiger partial charge is 0.436 e. The second-order valence-corrected chi connectivity index (χ2v) is 18.0. The summed E-state index contributed by atoms with van der Waals surface area (Å²) >= 11 is 2.19. The predicted molar refractivity (Wildman–Crippen MR) is 226 cm³/mol. The van der Waals surface area contributed by atoms with Gasteiger partial charge in [0.2, 0.25) is 5.91 Å². The molecule has 1 N–H and O–H groups in total. The lowest BCUT2D eigenvalue weighted by Crippen LogP contribution is -2.50. The summed E-state index contributed by atoms with van der Waals surface area (Å²) < 4.78 is 24.0. The van der Waals surface area contributed by atoms with Crippen LogP contribution in [0.3, 0.4) is 0 Å². The first-order valence-corrected chi connectivity index (χ1v) is 20.2. The highest BCUT2D eigenvalue weighted by atomic mass is 127. The topological polar surface area (TPSA) is 188 Å². The van der Waals surface area contributed by atoms with Gasteiger partial charge in [-0.1, -0.05) is 24.3 Å². The number of nitrogens with zero attached hydrogens (tertiary/aromatic N) is 5. The van der Waals surface area contributed by atoms with Gasteiger partial charge in [-0.2, -0.15) is 15.0 Å². The molecule has 318 valence electrons. The molecule has 16 nitrogen and oxygen atoms in total. The standard InChI is InChI=1S/C42H53IN6O10/c1-11-56-33(50)25-48-24-29-23-47(21-20-31(29)46-48)36(52)32(22-26-12-18-30(43)19-13-26)44-35(51)28-16-14-27(15-17-28)34(45-37(53)57-40(2,3)4)49(38(54)58-41(5,6)7)39(55)59-42(8,9)10/h12-19,24,32H,11,20-23,25H2,1-10H3,(H,44,51)/t32-/m0/s1. The average molecular weight is 929 g/mol. The highest BCUT2D eigenvalue weighted by Gasteiger charge is 2.37. The number of fused-ring (bicyclic) bond motifs is 1. The summed E-state index contributed by atoms with van der Waals surface area (Å²) in [6.07, 6.45) is -1.04. The van der Waals surface area contributed by atoms with Gasteiger partial charge in [-0.25, -0.2) is 14.4 Å². The molecule has 2 heterocycles. The number of esters is 1. The summed E-state index contributed by atoms with van der Waals surface area (Å²) in [7, 11) is 0. The van der Waals surface area contributed by atoms with Crippen LogP contribution in [-0.2, 0) is 54.5 Å². The molecule has 1 aliphatic rings. The number of halogens is 1. The molecule has 0 spiro atoms. The van der Waals surface area contributed by atoms with E-state index in [1.54, 1.807) is 80.3 Å². The molecule has 3 aromatic rings. The normalized spacial score (nSPS) is 13.7. The molecular formula is C42H53IN6O10. The van der Waals surface area contributed by atoms with E-state index >= 15 is 0 Å². The van der Waals surface area contributed by atoms with Crippen molar-refractivity contribution >= 4 is 64.5 Å². The molecule has 4 rings (SSSR count). The number of amides is 5. The Bertz CT molecular complexity index is 2030. The molecule has 2 aromatic carbocycles. The number of nitrogens with one attached hydrogen (secondary N) is 1. The van der Waals surface area contributed by atoms with Crippen molar-refractivity contribution < 1.29 is 47.7 Å². The number of amidine groups is 1. The number of ether oxygens (including phenoxy) is 4. The number of aliphatic imine (C=N–C) groups is 1. The van der Waals surface area contributed by atoms with Crippen LogP contribution >= 0.6 is 22.6 Å². The lowest BCUT2D eigenvalue weighted by molar-refractivity contribution is -0.144. The van der Waals surface area contributed by atoms with Crippen LogP contribution in [-0.4, -0.2) is 97.5 Å². The first kappa shape index (κ1) is 46.4. The number of aromatic nitrogens is 2. The molecule has 0 unspecified atom stereocenters. The second-order valence-electron chi connectivity index (χ2n) is 16.8. The summed E-state index contributed by atoms with van der Waals surface area (Å²) in [5.74, 6) is -1.77. The molecule has 0 fully saturated rings. The quantitative estimate of drug-likeness (QED) is 0.0779. The Morgan fingerprint density at radius 3 is 1.93 bits per heavy atom. The first-order chi connectivity index (χ1) is 27.4. The Morgan fingerprint density at radius 2 is 1.39 bits per heavy atom. The number of hydrogen-bond acceptors (Lipinski definition) is 11. The van der Waals surface area contributed by atoms with Gasteiger partial charge in [0.25, 0.3) is 5.91 Å². The Morgan fingerprint density at radius 1 is 0.831 bits per heavy atom. The van der Waals surface area contributed by atoms with Crippen LogP contribution in [0.1, 0.15) is 102 Å². The third kappa shape index (κ3) is 14.2. The van der Waals surface area contributed by atoms with Crippen molar-refractivity contribution in [3.8, 4) is 0 Å². The minimum Gasteiger partial charge on any atom is -0.465 e. The fraction of sp³-hybridized carbons (Fsp3) is 0.476.